The summed E-state index contributed by atoms with van der Waals surface area (Å²) in [6.07, 6.45) is -0.605. The molecule has 1 atom stereocenters. The minimum atomic E-state index is -0.766. The highest BCUT2D eigenvalue weighted by atomic mass is 35.5. The molecule has 0 aromatic heterocycles. The van der Waals surface area contributed by atoms with Crippen LogP contribution >= 0.6 is 11.6 Å². The fraction of sp³-hybridized carbons (Fsp3) is 0.300. The zero-order valence-electron chi connectivity index (χ0n) is 7.92. The first-order valence-electron chi connectivity index (χ1n) is 4.35. The number of benzene rings is 1. The average molecular weight is 231 g/mol. The number of methoxy groups -OCH3 is 1. The summed E-state index contributed by atoms with van der Waals surface area (Å²) in [6.45, 7) is 0. The van der Waals surface area contributed by atoms with Crippen molar-refractivity contribution in [3.05, 3.63) is 28.5 Å². The number of carbonyl (C=O) groups excluding carboxylic acids is 1. The van der Waals surface area contributed by atoms with E-state index in [9.17, 15) is 9.18 Å². The van der Waals surface area contributed by atoms with E-state index in [0.29, 0.717) is 11.3 Å². The number of ether oxygens (including phenoxy) is 2. The molecular weight excluding hydrogens is 223 g/mol. The van der Waals surface area contributed by atoms with E-state index in [-0.39, 0.29) is 11.4 Å². The van der Waals surface area contributed by atoms with E-state index in [0.717, 1.165) is 0 Å². The lowest BCUT2D eigenvalue weighted by atomic mass is 10.1. The Morgan fingerprint density at radius 3 is 3.07 bits per heavy atom. The van der Waals surface area contributed by atoms with Gasteiger partial charge in [-0.15, -0.1) is 0 Å². The maximum Gasteiger partial charge on any atom is 0.347 e. The molecule has 1 aliphatic heterocycles. The van der Waals surface area contributed by atoms with Crippen molar-refractivity contribution in [1.29, 1.82) is 0 Å². The van der Waals surface area contributed by atoms with Gasteiger partial charge in [-0.05, 0) is 12.1 Å². The minimum Gasteiger partial charge on any atom is -0.478 e. The van der Waals surface area contributed by atoms with Gasteiger partial charge in [0, 0.05) is 12.0 Å². The van der Waals surface area contributed by atoms with E-state index in [1.165, 1.54) is 13.2 Å². The smallest absolute Gasteiger partial charge is 0.347 e. The Balaban J connectivity index is 2.31. The average Bonchev–Trinajstić information content (AvgIpc) is 2.67. The summed E-state index contributed by atoms with van der Waals surface area (Å²) in [5, 5.41) is 0.0304. The fourth-order valence-electron chi connectivity index (χ4n) is 1.52. The molecule has 2 rings (SSSR count). The van der Waals surface area contributed by atoms with Crippen LogP contribution in [0.15, 0.2) is 12.1 Å². The summed E-state index contributed by atoms with van der Waals surface area (Å²) in [5.41, 5.74) is 0.331. The van der Waals surface area contributed by atoms with Gasteiger partial charge in [0.15, 0.2) is 6.10 Å². The summed E-state index contributed by atoms with van der Waals surface area (Å²) in [6, 6.07) is 2.94. The van der Waals surface area contributed by atoms with Crippen LogP contribution in [0.5, 0.6) is 5.75 Å². The molecule has 1 heterocycles. The van der Waals surface area contributed by atoms with Crippen LogP contribution < -0.4 is 4.74 Å². The molecule has 1 aromatic rings. The summed E-state index contributed by atoms with van der Waals surface area (Å²) in [5.74, 6) is -0.686. The van der Waals surface area contributed by atoms with Gasteiger partial charge in [-0.1, -0.05) is 11.6 Å². The molecule has 0 saturated heterocycles. The number of rotatable bonds is 1. The molecule has 0 saturated carbocycles. The molecule has 15 heavy (non-hydrogen) atoms. The third-order valence-electron chi connectivity index (χ3n) is 2.28. The molecule has 1 aliphatic rings. The van der Waals surface area contributed by atoms with Crippen molar-refractivity contribution < 1.29 is 18.7 Å². The molecule has 5 heteroatoms. The molecule has 0 fully saturated rings. The lowest BCUT2D eigenvalue weighted by Crippen LogP contribution is -2.26. The van der Waals surface area contributed by atoms with E-state index >= 15 is 0 Å². The molecule has 0 amide bonds. The van der Waals surface area contributed by atoms with Gasteiger partial charge in [-0.3, -0.25) is 0 Å². The van der Waals surface area contributed by atoms with Crippen molar-refractivity contribution >= 4 is 17.6 Å². The van der Waals surface area contributed by atoms with Gasteiger partial charge in [-0.25, -0.2) is 9.18 Å². The highest BCUT2D eigenvalue weighted by molar-refractivity contribution is 6.30. The maximum absolute atomic E-state index is 13.5. The van der Waals surface area contributed by atoms with E-state index in [1.807, 2.05) is 0 Å². The highest BCUT2D eigenvalue weighted by Crippen LogP contribution is 2.34. The maximum atomic E-state index is 13.5. The van der Waals surface area contributed by atoms with Crippen molar-refractivity contribution in [3.8, 4) is 5.75 Å². The van der Waals surface area contributed by atoms with E-state index in [2.05, 4.69) is 4.74 Å². The number of hydrogen-bond acceptors (Lipinski definition) is 3. The summed E-state index contributed by atoms with van der Waals surface area (Å²) in [4.78, 5) is 11.2. The quantitative estimate of drug-likeness (QED) is 0.692. The molecule has 0 spiro atoms. The van der Waals surface area contributed by atoms with Gasteiger partial charge in [0.25, 0.3) is 0 Å². The third-order valence-corrected chi connectivity index (χ3v) is 2.57. The Hall–Kier alpha value is -1.29. The molecule has 0 bridgehead atoms. The highest BCUT2D eigenvalue weighted by Gasteiger charge is 2.32. The van der Waals surface area contributed by atoms with Crippen LogP contribution in [0.2, 0.25) is 5.02 Å². The Kier molecular flexibility index (Phi) is 2.52. The normalized spacial score (nSPS) is 18.2. The second-order valence-corrected chi connectivity index (χ2v) is 3.58. The van der Waals surface area contributed by atoms with Gasteiger partial charge in [0.2, 0.25) is 0 Å². The zero-order chi connectivity index (χ0) is 11.0. The Morgan fingerprint density at radius 1 is 1.67 bits per heavy atom. The Bertz CT molecular complexity index is 419. The van der Waals surface area contributed by atoms with Crippen LogP contribution in [0.1, 0.15) is 5.56 Å². The summed E-state index contributed by atoms with van der Waals surface area (Å²) in [7, 11) is 1.26. The van der Waals surface area contributed by atoms with Crippen LogP contribution in [0.3, 0.4) is 0 Å². The first-order valence-corrected chi connectivity index (χ1v) is 4.72. The van der Waals surface area contributed by atoms with Crippen LogP contribution in [0.4, 0.5) is 4.39 Å². The first-order chi connectivity index (χ1) is 7.13. The number of halogens is 2. The second-order valence-electron chi connectivity index (χ2n) is 3.17. The van der Waals surface area contributed by atoms with Gasteiger partial charge < -0.3 is 9.47 Å². The first kappa shape index (κ1) is 10.2. The standard InChI is InChI=1S/C10H8ClFO3/c1-14-10(13)8-4-5-7(15-8)3-2-6(11)9(5)12/h2-3,8H,4H2,1H3. The van der Waals surface area contributed by atoms with Crippen molar-refractivity contribution in [2.24, 2.45) is 0 Å². The number of fused-ring (bicyclic) bond motifs is 1. The van der Waals surface area contributed by atoms with Gasteiger partial charge in [-0.2, -0.15) is 0 Å². The van der Waals surface area contributed by atoms with Crippen LogP contribution in [-0.2, 0) is 16.0 Å². The number of carbonyl (C=O) groups is 1. The van der Waals surface area contributed by atoms with Gasteiger partial charge in [0.05, 0.1) is 12.1 Å². The van der Waals surface area contributed by atoms with E-state index in [1.54, 1.807) is 6.07 Å². The van der Waals surface area contributed by atoms with Crippen molar-refractivity contribution in [1.82, 2.24) is 0 Å². The van der Waals surface area contributed by atoms with Gasteiger partial charge in [0.1, 0.15) is 11.6 Å². The largest absolute Gasteiger partial charge is 0.478 e. The molecule has 0 radical (unpaired) electrons. The zero-order valence-corrected chi connectivity index (χ0v) is 8.68. The molecular formula is C10H8ClFO3. The van der Waals surface area contributed by atoms with Gasteiger partial charge >= 0.3 is 5.97 Å². The molecule has 0 N–H and O–H groups in total. The van der Waals surface area contributed by atoms with E-state index < -0.39 is 17.9 Å². The fourth-order valence-corrected chi connectivity index (χ4v) is 1.70. The Morgan fingerprint density at radius 2 is 2.40 bits per heavy atom. The predicted molar refractivity (Wildman–Crippen MR) is 51.5 cm³/mol. The van der Waals surface area contributed by atoms with Crippen LogP contribution in [0, 0.1) is 5.82 Å². The molecule has 80 valence electrons. The lowest BCUT2D eigenvalue weighted by molar-refractivity contribution is -0.147. The topological polar surface area (TPSA) is 35.5 Å². The third kappa shape index (κ3) is 1.65. The monoisotopic (exact) mass is 230 g/mol. The second kappa shape index (κ2) is 3.70. The molecule has 1 unspecified atom stereocenters. The Labute approximate surface area is 90.7 Å². The van der Waals surface area contributed by atoms with Crippen molar-refractivity contribution in [2.75, 3.05) is 7.11 Å². The van der Waals surface area contributed by atoms with Crippen molar-refractivity contribution in [2.45, 2.75) is 12.5 Å². The molecule has 3 nitrogen and oxygen atoms in total. The number of hydrogen-bond donors (Lipinski definition) is 0. The predicted octanol–water partition coefficient (Wildman–Crippen LogP) is 1.96. The minimum absolute atomic E-state index is 0.0304. The van der Waals surface area contributed by atoms with Crippen LogP contribution in [0.25, 0.3) is 0 Å². The van der Waals surface area contributed by atoms with E-state index in [4.69, 9.17) is 16.3 Å². The summed E-state index contributed by atoms with van der Waals surface area (Å²) < 4.78 is 23.2. The SMILES string of the molecule is COC(=O)C1Cc2c(ccc(Cl)c2F)O1. The number of esters is 1. The van der Waals surface area contributed by atoms with Crippen LogP contribution in [-0.4, -0.2) is 19.2 Å². The molecule has 0 aliphatic carbocycles. The van der Waals surface area contributed by atoms with Crippen molar-refractivity contribution in [3.63, 3.8) is 0 Å². The lowest BCUT2D eigenvalue weighted by Gasteiger charge is -2.06. The summed E-state index contributed by atoms with van der Waals surface area (Å²) >= 11 is 5.61. The molecule has 1 aromatic carbocycles.